The summed E-state index contributed by atoms with van der Waals surface area (Å²) in [6.07, 6.45) is 3.95. The van der Waals surface area contributed by atoms with E-state index in [-0.39, 0.29) is 11.9 Å². The van der Waals surface area contributed by atoms with Gasteiger partial charge in [-0.3, -0.25) is 14.7 Å². The monoisotopic (exact) mass is 261 g/mol. The third-order valence-corrected chi connectivity index (χ3v) is 2.80. The van der Waals surface area contributed by atoms with Crippen molar-refractivity contribution in [2.45, 2.75) is 19.9 Å². The molecule has 0 bridgehead atoms. The van der Waals surface area contributed by atoms with Crippen LogP contribution in [-0.2, 0) is 16.1 Å². The highest BCUT2D eigenvalue weighted by molar-refractivity contribution is 5.72. The van der Waals surface area contributed by atoms with Gasteiger partial charge in [-0.2, -0.15) is 5.26 Å². The Morgan fingerprint density at radius 1 is 1.63 bits per heavy atom. The fourth-order valence-electron chi connectivity index (χ4n) is 1.86. The number of pyridine rings is 1. The van der Waals surface area contributed by atoms with Crippen LogP contribution >= 0.6 is 0 Å². The Labute approximate surface area is 113 Å². The van der Waals surface area contributed by atoms with E-state index in [2.05, 4.69) is 16.0 Å². The average Bonchev–Trinajstić information content (AvgIpc) is 2.44. The smallest absolute Gasteiger partial charge is 0.309 e. The zero-order valence-corrected chi connectivity index (χ0v) is 11.4. The number of nitrogens with zero attached hydrogens (tertiary/aromatic N) is 3. The number of hydrogen-bond acceptors (Lipinski definition) is 5. The SMILES string of the molecule is COC(=O)C(C)CN(CCC#N)Cc1cccnc1. The van der Waals surface area contributed by atoms with E-state index in [0.717, 1.165) is 5.56 Å². The van der Waals surface area contributed by atoms with Gasteiger partial charge in [-0.05, 0) is 11.6 Å². The molecule has 1 unspecified atom stereocenters. The van der Waals surface area contributed by atoms with Crippen molar-refractivity contribution in [2.24, 2.45) is 5.92 Å². The third kappa shape index (κ3) is 5.49. The maximum absolute atomic E-state index is 11.4. The van der Waals surface area contributed by atoms with Crippen LogP contribution in [0.15, 0.2) is 24.5 Å². The van der Waals surface area contributed by atoms with E-state index in [9.17, 15) is 4.79 Å². The molecule has 102 valence electrons. The number of methoxy groups -OCH3 is 1. The predicted octanol–water partition coefficient (Wildman–Crippen LogP) is 1.61. The van der Waals surface area contributed by atoms with Crippen LogP contribution in [0.25, 0.3) is 0 Å². The number of nitriles is 1. The molecule has 0 radical (unpaired) electrons. The number of esters is 1. The highest BCUT2D eigenvalue weighted by Crippen LogP contribution is 2.08. The van der Waals surface area contributed by atoms with Gasteiger partial charge in [-0.25, -0.2) is 0 Å². The zero-order valence-electron chi connectivity index (χ0n) is 11.4. The van der Waals surface area contributed by atoms with Crippen LogP contribution < -0.4 is 0 Å². The molecule has 1 atom stereocenters. The van der Waals surface area contributed by atoms with Gasteiger partial charge in [0.15, 0.2) is 0 Å². The molecule has 0 aliphatic carbocycles. The minimum absolute atomic E-state index is 0.208. The van der Waals surface area contributed by atoms with Crippen LogP contribution in [0.4, 0.5) is 0 Å². The number of ether oxygens (including phenoxy) is 1. The summed E-state index contributed by atoms with van der Waals surface area (Å²) >= 11 is 0. The summed E-state index contributed by atoms with van der Waals surface area (Å²) in [5.41, 5.74) is 1.07. The standard InChI is InChI=1S/C14H19N3O2/c1-12(14(18)19-2)10-17(8-4-6-15)11-13-5-3-7-16-9-13/h3,5,7,9,12H,4,8,10-11H2,1-2H3. The summed E-state index contributed by atoms with van der Waals surface area (Å²) in [4.78, 5) is 17.6. The van der Waals surface area contributed by atoms with E-state index in [0.29, 0.717) is 26.1 Å². The molecule has 1 aromatic heterocycles. The minimum Gasteiger partial charge on any atom is -0.469 e. The van der Waals surface area contributed by atoms with Crippen molar-refractivity contribution in [3.63, 3.8) is 0 Å². The number of carbonyl (C=O) groups excluding carboxylic acids is 1. The normalized spacial score (nSPS) is 11.9. The summed E-state index contributed by atoms with van der Waals surface area (Å²) in [5.74, 6) is -0.437. The molecule has 0 aromatic carbocycles. The maximum atomic E-state index is 11.4. The second kappa shape index (κ2) is 8.22. The molecule has 0 fully saturated rings. The van der Waals surface area contributed by atoms with Crippen molar-refractivity contribution in [3.05, 3.63) is 30.1 Å². The molecule has 0 saturated heterocycles. The van der Waals surface area contributed by atoms with Crippen LogP contribution in [0.5, 0.6) is 0 Å². The lowest BCUT2D eigenvalue weighted by Gasteiger charge is -2.23. The van der Waals surface area contributed by atoms with Crippen molar-refractivity contribution >= 4 is 5.97 Å². The molecular weight excluding hydrogens is 242 g/mol. The molecule has 0 N–H and O–H groups in total. The Morgan fingerprint density at radius 2 is 2.42 bits per heavy atom. The molecule has 0 spiro atoms. The summed E-state index contributed by atoms with van der Waals surface area (Å²) in [7, 11) is 1.39. The number of hydrogen-bond donors (Lipinski definition) is 0. The molecule has 5 heteroatoms. The quantitative estimate of drug-likeness (QED) is 0.697. The van der Waals surface area contributed by atoms with Crippen molar-refractivity contribution < 1.29 is 9.53 Å². The first-order valence-corrected chi connectivity index (χ1v) is 6.23. The molecule has 1 heterocycles. The molecule has 19 heavy (non-hydrogen) atoms. The topological polar surface area (TPSA) is 66.2 Å². The van der Waals surface area contributed by atoms with Gasteiger partial charge < -0.3 is 4.74 Å². The van der Waals surface area contributed by atoms with Crippen LogP contribution in [0.2, 0.25) is 0 Å². The number of rotatable bonds is 7. The Bertz CT molecular complexity index is 428. The number of carbonyl (C=O) groups is 1. The molecule has 0 amide bonds. The minimum atomic E-state index is -0.229. The van der Waals surface area contributed by atoms with Crippen LogP contribution in [0, 0.1) is 17.2 Å². The highest BCUT2D eigenvalue weighted by atomic mass is 16.5. The molecule has 0 aliphatic rings. The average molecular weight is 261 g/mol. The largest absolute Gasteiger partial charge is 0.469 e. The van der Waals surface area contributed by atoms with Crippen molar-refractivity contribution in [3.8, 4) is 6.07 Å². The lowest BCUT2D eigenvalue weighted by atomic mass is 10.1. The van der Waals surface area contributed by atoms with Crippen molar-refractivity contribution in [1.29, 1.82) is 5.26 Å². The van der Waals surface area contributed by atoms with Crippen molar-refractivity contribution in [2.75, 3.05) is 20.2 Å². The second-order valence-corrected chi connectivity index (χ2v) is 4.43. The van der Waals surface area contributed by atoms with E-state index >= 15 is 0 Å². The number of aromatic nitrogens is 1. The van der Waals surface area contributed by atoms with Gasteiger partial charge in [0.2, 0.25) is 0 Å². The molecule has 5 nitrogen and oxygen atoms in total. The van der Waals surface area contributed by atoms with Gasteiger partial charge in [0, 0.05) is 38.4 Å². The van der Waals surface area contributed by atoms with Crippen molar-refractivity contribution in [1.82, 2.24) is 9.88 Å². The first-order valence-electron chi connectivity index (χ1n) is 6.23. The molecule has 0 saturated carbocycles. The Morgan fingerprint density at radius 3 is 3.00 bits per heavy atom. The van der Waals surface area contributed by atoms with Gasteiger partial charge in [-0.1, -0.05) is 13.0 Å². The third-order valence-electron chi connectivity index (χ3n) is 2.80. The van der Waals surface area contributed by atoms with Gasteiger partial charge in [0.25, 0.3) is 0 Å². The summed E-state index contributed by atoms with van der Waals surface area (Å²) in [6, 6.07) is 5.98. The summed E-state index contributed by atoms with van der Waals surface area (Å²) < 4.78 is 4.72. The summed E-state index contributed by atoms with van der Waals surface area (Å²) in [6.45, 7) is 3.71. The molecule has 1 rings (SSSR count). The van der Waals surface area contributed by atoms with Gasteiger partial charge in [0.05, 0.1) is 19.1 Å². The fraction of sp³-hybridized carbons (Fsp3) is 0.500. The Kier molecular flexibility index (Phi) is 6.55. The van der Waals surface area contributed by atoms with Gasteiger partial charge >= 0.3 is 5.97 Å². The second-order valence-electron chi connectivity index (χ2n) is 4.43. The van der Waals surface area contributed by atoms with Crippen LogP contribution in [-0.4, -0.2) is 36.1 Å². The van der Waals surface area contributed by atoms with Crippen LogP contribution in [0.3, 0.4) is 0 Å². The molecular formula is C14H19N3O2. The fourth-order valence-corrected chi connectivity index (χ4v) is 1.86. The van der Waals surface area contributed by atoms with Gasteiger partial charge in [0.1, 0.15) is 0 Å². The predicted molar refractivity (Wildman–Crippen MR) is 70.9 cm³/mol. The van der Waals surface area contributed by atoms with E-state index < -0.39 is 0 Å². The van der Waals surface area contributed by atoms with E-state index in [1.54, 1.807) is 12.4 Å². The zero-order chi connectivity index (χ0) is 14.1. The first-order chi connectivity index (χ1) is 9.17. The van der Waals surface area contributed by atoms with E-state index in [1.165, 1.54) is 7.11 Å². The highest BCUT2D eigenvalue weighted by Gasteiger charge is 2.17. The van der Waals surface area contributed by atoms with E-state index in [1.807, 2.05) is 19.1 Å². The molecule has 0 aliphatic heterocycles. The van der Waals surface area contributed by atoms with E-state index in [4.69, 9.17) is 10.00 Å². The molecule has 1 aromatic rings. The Balaban J connectivity index is 2.61. The first kappa shape index (κ1) is 15.1. The lowest BCUT2D eigenvalue weighted by molar-refractivity contribution is -0.145. The van der Waals surface area contributed by atoms with Gasteiger partial charge in [-0.15, -0.1) is 0 Å². The van der Waals surface area contributed by atoms with Crippen LogP contribution in [0.1, 0.15) is 18.9 Å². The Hall–Kier alpha value is -1.93. The lowest BCUT2D eigenvalue weighted by Crippen LogP contribution is -2.32. The summed E-state index contributed by atoms with van der Waals surface area (Å²) in [5, 5.41) is 8.69. The maximum Gasteiger partial charge on any atom is 0.309 e.